The predicted molar refractivity (Wildman–Crippen MR) is 89.3 cm³/mol. The largest absolute Gasteiger partial charge is 0.497 e. The van der Waals surface area contributed by atoms with Crippen molar-refractivity contribution in [1.82, 2.24) is 15.1 Å². The molecule has 1 saturated carbocycles. The number of aromatic nitrogens is 2. The number of methoxy groups -OCH3 is 1. The predicted octanol–water partition coefficient (Wildman–Crippen LogP) is 1.83. The van der Waals surface area contributed by atoms with Crippen LogP contribution in [-0.2, 0) is 10.2 Å². The average molecular weight is 341 g/mol. The molecule has 0 bridgehead atoms. The number of benzene rings is 1. The molecule has 1 aromatic heterocycles. The maximum atomic E-state index is 12.6. The van der Waals surface area contributed by atoms with Gasteiger partial charge in [-0.2, -0.15) is 5.10 Å². The van der Waals surface area contributed by atoms with Crippen molar-refractivity contribution in [3.63, 3.8) is 0 Å². The van der Waals surface area contributed by atoms with E-state index in [-0.39, 0.29) is 23.6 Å². The van der Waals surface area contributed by atoms with E-state index in [1.165, 1.54) is 4.68 Å². The van der Waals surface area contributed by atoms with E-state index >= 15 is 0 Å². The molecule has 0 radical (unpaired) electrons. The smallest absolute Gasteiger partial charge is 0.359 e. The normalized spacial score (nSPS) is 17.0. The number of nitrogens with zero attached hydrogens (tertiary/aromatic N) is 2. The molecule has 1 aliphatic carbocycles. The molecule has 0 unspecified atom stereocenters. The van der Waals surface area contributed by atoms with Crippen LogP contribution in [0.3, 0.4) is 0 Å². The van der Waals surface area contributed by atoms with Crippen LogP contribution in [0.1, 0.15) is 46.3 Å². The van der Waals surface area contributed by atoms with Crippen LogP contribution in [-0.4, -0.2) is 41.9 Å². The molecule has 0 saturated heterocycles. The van der Waals surface area contributed by atoms with Crippen molar-refractivity contribution in [3.05, 3.63) is 41.2 Å². The Hall–Kier alpha value is -2.83. The molecule has 4 rings (SSSR count). The molecule has 7 nitrogen and oxygen atoms in total. The molecule has 1 spiro atoms. The minimum Gasteiger partial charge on any atom is -0.497 e. The third kappa shape index (κ3) is 2.38. The highest BCUT2D eigenvalue weighted by Crippen LogP contribution is 2.52. The van der Waals surface area contributed by atoms with Crippen molar-refractivity contribution < 1.29 is 19.1 Å². The maximum Gasteiger partial charge on any atom is 0.359 e. The molecular formula is C18H19N3O4. The highest BCUT2D eigenvalue weighted by Gasteiger charge is 2.53. The van der Waals surface area contributed by atoms with Gasteiger partial charge in [-0.3, -0.25) is 4.79 Å². The van der Waals surface area contributed by atoms with Crippen LogP contribution in [0.4, 0.5) is 0 Å². The van der Waals surface area contributed by atoms with E-state index in [9.17, 15) is 9.59 Å². The van der Waals surface area contributed by atoms with Gasteiger partial charge in [-0.25, -0.2) is 9.48 Å². The number of esters is 1. The van der Waals surface area contributed by atoms with Gasteiger partial charge >= 0.3 is 5.97 Å². The minimum absolute atomic E-state index is 0.184. The lowest BCUT2D eigenvalue weighted by Gasteiger charge is -2.23. The quantitative estimate of drug-likeness (QED) is 0.858. The van der Waals surface area contributed by atoms with Crippen LogP contribution >= 0.6 is 0 Å². The van der Waals surface area contributed by atoms with Gasteiger partial charge in [0.15, 0.2) is 5.69 Å². The zero-order valence-electron chi connectivity index (χ0n) is 14.2. The minimum atomic E-state index is -0.480. The lowest BCUT2D eigenvalue weighted by Crippen LogP contribution is -2.40. The fourth-order valence-corrected chi connectivity index (χ4v) is 3.38. The second-order valence-corrected chi connectivity index (χ2v) is 6.37. The monoisotopic (exact) mass is 341 g/mol. The highest BCUT2D eigenvalue weighted by atomic mass is 16.5. The number of hydrogen-bond donors (Lipinski definition) is 1. The molecule has 130 valence electrons. The SMILES string of the molecule is CCOC(=O)c1nn(-c2ccc(OC)cc2)c2c1C1(CC1)CNC2=O. The summed E-state index contributed by atoms with van der Waals surface area (Å²) in [6.07, 6.45) is 1.86. The number of carbonyl (C=O) groups is 2. The van der Waals surface area contributed by atoms with E-state index in [2.05, 4.69) is 10.4 Å². The van der Waals surface area contributed by atoms with Crippen molar-refractivity contribution >= 4 is 11.9 Å². The standard InChI is InChI=1S/C18H19N3O4/c1-3-25-17(23)14-13-15(16(22)19-10-18(13)8-9-18)21(20-14)11-4-6-12(24-2)7-5-11/h4-7H,3,8-10H2,1-2H3,(H,19,22). The number of carbonyl (C=O) groups excluding carboxylic acids is 2. The topological polar surface area (TPSA) is 82.4 Å². The highest BCUT2D eigenvalue weighted by molar-refractivity contribution is 6.01. The van der Waals surface area contributed by atoms with Gasteiger partial charge in [0, 0.05) is 17.5 Å². The molecular weight excluding hydrogens is 322 g/mol. The van der Waals surface area contributed by atoms with Gasteiger partial charge in [-0.05, 0) is 44.0 Å². The summed E-state index contributed by atoms with van der Waals surface area (Å²) in [4.78, 5) is 25.0. The van der Waals surface area contributed by atoms with E-state index in [1.54, 1.807) is 26.2 Å². The summed E-state index contributed by atoms with van der Waals surface area (Å²) < 4.78 is 11.9. The van der Waals surface area contributed by atoms with Crippen molar-refractivity contribution in [2.45, 2.75) is 25.2 Å². The van der Waals surface area contributed by atoms with Crippen molar-refractivity contribution in [2.75, 3.05) is 20.3 Å². The van der Waals surface area contributed by atoms with E-state index in [4.69, 9.17) is 9.47 Å². The zero-order valence-corrected chi connectivity index (χ0v) is 14.2. The van der Waals surface area contributed by atoms with Crippen LogP contribution in [0, 0.1) is 0 Å². The maximum absolute atomic E-state index is 12.6. The third-order valence-electron chi connectivity index (χ3n) is 4.86. The number of rotatable bonds is 4. The first kappa shape index (κ1) is 15.7. The first-order chi connectivity index (χ1) is 12.1. The van der Waals surface area contributed by atoms with E-state index in [0.717, 1.165) is 18.4 Å². The fourth-order valence-electron chi connectivity index (χ4n) is 3.38. The van der Waals surface area contributed by atoms with Crippen molar-refractivity contribution in [1.29, 1.82) is 0 Å². The molecule has 25 heavy (non-hydrogen) atoms. The second-order valence-electron chi connectivity index (χ2n) is 6.37. The van der Waals surface area contributed by atoms with Crippen molar-refractivity contribution in [2.24, 2.45) is 0 Å². The molecule has 7 heteroatoms. The van der Waals surface area contributed by atoms with Gasteiger partial charge in [0.2, 0.25) is 0 Å². The average Bonchev–Trinajstić information content (AvgIpc) is 3.28. The molecule has 1 aliphatic heterocycles. The van der Waals surface area contributed by atoms with E-state index in [0.29, 0.717) is 23.7 Å². The summed E-state index contributed by atoms with van der Waals surface area (Å²) in [6, 6.07) is 7.20. The molecule has 2 aromatic rings. The number of ether oxygens (including phenoxy) is 2. The number of amides is 1. The van der Waals surface area contributed by atoms with Gasteiger partial charge in [0.1, 0.15) is 11.4 Å². The Morgan fingerprint density at radius 2 is 2.04 bits per heavy atom. The van der Waals surface area contributed by atoms with Crippen LogP contribution < -0.4 is 10.1 Å². The molecule has 2 aliphatic rings. The van der Waals surface area contributed by atoms with Gasteiger partial charge < -0.3 is 14.8 Å². The van der Waals surface area contributed by atoms with E-state index < -0.39 is 5.97 Å². The van der Waals surface area contributed by atoms with Crippen LogP contribution in [0.25, 0.3) is 5.69 Å². The molecule has 1 amide bonds. The van der Waals surface area contributed by atoms with Gasteiger partial charge in [-0.1, -0.05) is 0 Å². The van der Waals surface area contributed by atoms with Crippen LogP contribution in [0.2, 0.25) is 0 Å². The first-order valence-corrected chi connectivity index (χ1v) is 8.33. The molecule has 1 N–H and O–H groups in total. The molecule has 1 aromatic carbocycles. The molecule has 0 atom stereocenters. The zero-order chi connectivity index (χ0) is 17.6. The Kier molecular flexibility index (Phi) is 3.52. The van der Waals surface area contributed by atoms with Crippen molar-refractivity contribution in [3.8, 4) is 11.4 Å². The Labute approximate surface area is 144 Å². The molecule has 2 heterocycles. The summed E-state index contributed by atoms with van der Waals surface area (Å²) in [7, 11) is 1.59. The number of nitrogens with one attached hydrogen (secondary N) is 1. The lowest BCUT2D eigenvalue weighted by atomic mass is 9.90. The first-order valence-electron chi connectivity index (χ1n) is 8.33. The second kappa shape index (κ2) is 5.61. The van der Waals surface area contributed by atoms with Crippen LogP contribution in [0.5, 0.6) is 5.75 Å². The summed E-state index contributed by atoms with van der Waals surface area (Å²) >= 11 is 0. The van der Waals surface area contributed by atoms with Crippen LogP contribution in [0.15, 0.2) is 24.3 Å². The summed E-state index contributed by atoms with van der Waals surface area (Å²) in [5, 5.41) is 7.39. The number of fused-ring (bicyclic) bond motifs is 2. The Morgan fingerprint density at radius 1 is 1.32 bits per heavy atom. The van der Waals surface area contributed by atoms with Gasteiger partial charge in [-0.15, -0.1) is 0 Å². The summed E-state index contributed by atoms with van der Waals surface area (Å²) in [5.74, 6) is 0.0110. The number of hydrogen-bond acceptors (Lipinski definition) is 5. The van der Waals surface area contributed by atoms with E-state index in [1.807, 2.05) is 12.1 Å². The fraction of sp³-hybridized carbons (Fsp3) is 0.389. The summed E-state index contributed by atoms with van der Waals surface area (Å²) in [5.41, 5.74) is 1.92. The Morgan fingerprint density at radius 3 is 2.64 bits per heavy atom. The van der Waals surface area contributed by atoms with Gasteiger partial charge in [0.25, 0.3) is 5.91 Å². The molecule has 1 fully saturated rings. The third-order valence-corrected chi connectivity index (χ3v) is 4.86. The summed E-state index contributed by atoms with van der Waals surface area (Å²) in [6.45, 7) is 2.56. The van der Waals surface area contributed by atoms with Gasteiger partial charge in [0.05, 0.1) is 19.4 Å². The Bertz CT molecular complexity index is 850. The lowest BCUT2D eigenvalue weighted by molar-refractivity contribution is 0.0516. The Balaban J connectivity index is 1.90.